The number of piperazine rings is 1. The van der Waals surface area contributed by atoms with Crippen LogP contribution in [0.4, 0.5) is 0 Å². The maximum absolute atomic E-state index is 12.1. The zero-order chi connectivity index (χ0) is 14.4. The van der Waals surface area contributed by atoms with Gasteiger partial charge in [0.2, 0.25) is 11.8 Å². The third-order valence-corrected chi connectivity index (χ3v) is 4.02. The normalized spacial score (nSPS) is 21.1. The summed E-state index contributed by atoms with van der Waals surface area (Å²) < 4.78 is 0. The van der Waals surface area contributed by atoms with Crippen LogP contribution in [0.5, 0.6) is 0 Å². The van der Waals surface area contributed by atoms with Crippen LogP contribution in [0, 0.1) is 0 Å². The van der Waals surface area contributed by atoms with Crippen molar-refractivity contribution in [1.29, 1.82) is 0 Å². The number of carbonyl (C=O) groups is 2. The third kappa shape index (κ3) is 4.45. The van der Waals surface area contributed by atoms with E-state index in [0.717, 1.165) is 52.1 Å². The molecule has 6 heteroatoms. The number of likely N-dealkylation sites (N-methyl/N-ethyl adjacent to an activating group) is 1. The molecular weight excluding hydrogens is 256 g/mol. The Balaban J connectivity index is 1.66. The van der Waals surface area contributed by atoms with E-state index in [1.165, 1.54) is 0 Å². The van der Waals surface area contributed by atoms with Crippen molar-refractivity contribution in [2.24, 2.45) is 0 Å². The number of carbonyl (C=O) groups excluding carboxylic acids is 2. The zero-order valence-corrected chi connectivity index (χ0v) is 12.4. The molecule has 0 radical (unpaired) electrons. The molecule has 0 aromatic heterocycles. The molecule has 20 heavy (non-hydrogen) atoms. The van der Waals surface area contributed by atoms with Crippen molar-refractivity contribution in [3.05, 3.63) is 0 Å². The van der Waals surface area contributed by atoms with Crippen LogP contribution in [0.2, 0.25) is 0 Å². The average Bonchev–Trinajstić information content (AvgIpc) is 2.95. The molecule has 2 rings (SSSR count). The summed E-state index contributed by atoms with van der Waals surface area (Å²) in [5.41, 5.74) is 0. The molecule has 0 unspecified atom stereocenters. The molecule has 2 fully saturated rings. The van der Waals surface area contributed by atoms with Crippen molar-refractivity contribution in [2.45, 2.75) is 19.8 Å². The number of amides is 2. The molecule has 0 aliphatic carbocycles. The van der Waals surface area contributed by atoms with Crippen LogP contribution in [0.1, 0.15) is 19.8 Å². The van der Waals surface area contributed by atoms with Crippen LogP contribution >= 0.6 is 0 Å². The minimum absolute atomic E-state index is 0.0918. The van der Waals surface area contributed by atoms with E-state index in [2.05, 4.69) is 15.1 Å². The highest BCUT2D eigenvalue weighted by Gasteiger charge is 2.23. The van der Waals surface area contributed by atoms with E-state index in [1.54, 1.807) is 0 Å². The van der Waals surface area contributed by atoms with Gasteiger partial charge in [0.15, 0.2) is 0 Å². The quantitative estimate of drug-likeness (QED) is 0.729. The number of hydrogen-bond acceptors (Lipinski definition) is 4. The highest BCUT2D eigenvalue weighted by Crippen LogP contribution is 2.09. The molecule has 2 aliphatic rings. The summed E-state index contributed by atoms with van der Waals surface area (Å²) in [6, 6.07) is 0. The van der Waals surface area contributed by atoms with Gasteiger partial charge >= 0.3 is 0 Å². The Bertz CT molecular complexity index is 334. The van der Waals surface area contributed by atoms with Crippen LogP contribution in [0.3, 0.4) is 0 Å². The Morgan fingerprint density at radius 2 is 1.45 bits per heavy atom. The topological polar surface area (TPSA) is 55.9 Å². The van der Waals surface area contributed by atoms with Crippen molar-refractivity contribution < 1.29 is 9.59 Å². The molecular formula is C14H26N4O2. The average molecular weight is 282 g/mol. The largest absolute Gasteiger partial charge is 0.355 e. The SMILES string of the molecule is CCNC(=O)CN1CCN(CC(=O)N2CCCC2)CC1. The second kappa shape index (κ2) is 7.59. The molecule has 0 spiro atoms. The predicted molar refractivity (Wildman–Crippen MR) is 77.4 cm³/mol. The van der Waals surface area contributed by atoms with Crippen LogP contribution in [0.25, 0.3) is 0 Å². The van der Waals surface area contributed by atoms with Gasteiger partial charge in [0.05, 0.1) is 13.1 Å². The Morgan fingerprint density at radius 3 is 2.00 bits per heavy atom. The van der Waals surface area contributed by atoms with Gasteiger partial charge in [-0.25, -0.2) is 0 Å². The standard InChI is InChI=1S/C14H26N4O2/c1-2-15-13(19)11-16-7-9-17(10-8-16)12-14(20)18-5-3-4-6-18/h2-12H2,1H3,(H,15,19). The number of likely N-dealkylation sites (tertiary alicyclic amines) is 1. The fourth-order valence-corrected chi connectivity index (χ4v) is 2.82. The first-order valence-corrected chi connectivity index (χ1v) is 7.68. The van der Waals surface area contributed by atoms with Gasteiger partial charge in [-0.05, 0) is 19.8 Å². The highest BCUT2D eigenvalue weighted by atomic mass is 16.2. The predicted octanol–water partition coefficient (Wildman–Crippen LogP) is -0.637. The van der Waals surface area contributed by atoms with Crippen LogP contribution in [0.15, 0.2) is 0 Å². The Kier molecular flexibility index (Phi) is 5.79. The number of rotatable bonds is 5. The first-order valence-electron chi connectivity index (χ1n) is 7.68. The second-order valence-electron chi connectivity index (χ2n) is 5.59. The lowest BCUT2D eigenvalue weighted by atomic mass is 10.3. The lowest BCUT2D eigenvalue weighted by molar-refractivity contribution is -0.132. The molecule has 1 N–H and O–H groups in total. The maximum Gasteiger partial charge on any atom is 0.236 e. The first kappa shape index (κ1) is 15.3. The van der Waals surface area contributed by atoms with Gasteiger partial charge < -0.3 is 10.2 Å². The minimum Gasteiger partial charge on any atom is -0.355 e. The van der Waals surface area contributed by atoms with Crippen molar-refractivity contribution in [2.75, 3.05) is 58.9 Å². The summed E-state index contributed by atoms with van der Waals surface area (Å²) >= 11 is 0. The lowest BCUT2D eigenvalue weighted by Gasteiger charge is -2.34. The van der Waals surface area contributed by atoms with E-state index in [4.69, 9.17) is 0 Å². The Morgan fingerprint density at radius 1 is 0.900 bits per heavy atom. The summed E-state index contributed by atoms with van der Waals surface area (Å²) in [6.07, 6.45) is 2.29. The van der Waals surface area contributed by atoms with Gasteiger partial charge in [0.25, 0.3) is 0 Å². The van der Waals surface area contributed by atoms with Crippen LogP contribution < -0.4 is 5.32 Å². The molecule has 0 saturated carbocycles. The van der Waals surface area contributed by atoms with Gasteiger partial charge in [0.1, 0.15) is 0 Å². The van der Waals surface area contributed by atoms with Gasteiger partial charge in [0, 0.05) is 45.8 Å². The number of hydrogen-bond donors (Lipinski definition) is 1. The molecule has 2 aliphatic heterocycles. The first-order chi connectivity index (χ1) is 9.69. The van der Waals surface area contributed by atoms with E-state index < -0.39 is 0 Å². The third-order valence-electron chi connectivity index (χ3n) is 4.02. The Labute approximate surface area is 121 Å². The zero-order valence-electron chi connectivity index (χ0n) is 12.4. The van der Waals surface area contributed by atoms with Gasteiger partial charge in [-0.3, -0.25) is 19.4 Å². The maximum atomic E-state index is 12.1. The van der Waals surface area contributed by atoms with E-state index in [0.29, 0.717) is 19.6 Å². The lowest BCUT2D eigenvalue weighted by Crippen LogP contribution is -2.51. The van der Waals surface area contributed by atoms with Crippen molar-refractivity contribution >= 4 is 11.8 Å². The van der Waals surface area contributed by atoms with Gasteiger partial charge in [-0.15, -0.1) is 0 Å². The molecule has 0 aromatic rings. The number of nitrogens with one attached hydrogen (secondary N) is 1. The van der Waals surface area contributed by atoms with Crippen LogP contribution in [-0.2, 0) is 9.59 Å². The summed E-state index contributed by atoms with van der Waals surface area (Å²) in [7, 11) is 0. The summed E-state index contributed by atoms with van der Waals surface area (Å²) in [5.74, 6) is 0.355. The monoisotopic (exact) mass is 282 g/mol. The fourth-order valence-electron chi connectivity index (χ4n) is 2.82. The van der Waals surface area contributed by atoms with Crippen molar-refractivity contribution in [3.63, 3.8) is 0 Å². The highest BCUT2D eigenvalue weighted by molar-refractivity contribution is 5.78. The second-order valence-corrected chi connectivity index (χ2v) is 5.59. The summed E-state index contributed by atoms with van der Waals surface area (Å²) in [5, 5.41) is 2.82. The van der Waals surface area contributed by atoms with E-state index in [9.17, 15) is 9.59 Å². The molecule has 2 heterocycles. The molecule has 2 saturated heterocycles. The fraction of sp³-hybridized carbons (Fsp3) is 0.857. The van der Waals surface area contributed by atoms with E-state index >= 15 is 0 Å². The summed E-state index contributed by atoms with van der Waals surface area (Å²) in [6.45, 7) is 8.96. The van der Waals surface area contributed by atoms with Gasteiger partial charge in [-0.1, -0.05) is 0 Å². The number of nitrogens with zero attached hydrogens (tertiary/aromatic N) is 3. The van der Waals surface area contributed by atoms with E-state index in [1.807, 2.05) is 11.8 Å². The minimum atomic E-state index is 0.0918. The van der Waals surface area contributed by atoms with Crippen LogP contribution in [-0.4, -0.2) is 85.4 Å². The van der Waals surface area contributed by atoms with Crippen molar-refractivity contribution in [1.82, 2.24) is 20.0 Å². The molecule has 114 valence electrons. The van der Waals surface area contributed by atoms with E-state index in [-0.39, 0.29) is 11.8 Å². The molecule has 0 aromatic carbocycles. The molecule has 0 atom stereocenters. The summed E-state index contributed by atoms with van der Waals surface area (Å²) in [4.78, 5) is 29.9. The Hall–Kier alpha value is -1.14. The smallest absolute Gasteiger partial charge is 0.236 e. The van der Waals surface area contributed by atoms with Crippen molar-refractivity contribution in [3.8, 4) is 0 Å². The molecule has 0 bridgehead atoms. The molecule has 6 nitrogen and oxygen atoms in total. The van der Waals surface area contributed by atoms with Gasteiger partial charge in [-0.2, -0.15) is 0 Å². The molecule has 2 amide bonds.